The summed E-state index contributed by atoms with van der Waals surface area (Å²) in [7, 11) is -3.41. The van der Waals surface area contributed by atoms with E-state index in [9.17, 15) is 23.1 Å². The summed E-state index contributed by atoms with van der Waals surface area (Å²) < 4.78 is 23.6. The van der Waals surface area contributed by atoms with Crippen LogP contribution in [-0.4, -0.2) is 65.6 Å². The number of rotatable bonds is 5. The second-order valence-electron chi connectivity index (χ2n) is 5.08. The van der Waals surface area contributed by atoms with Crippen LogP contribution in [0.25, 0.3) is 0 Å². The largest absolute Gasteiger partial charge is 0.480 e. The minimum atomic E-state index is -3.41. The number of nitrogens with zero attached hydrogens (tertiary/aromatic N) is 1. The number of aliphatic carboxylic acids is 1. The standard InChI is InChI=1S/C12H22N2O5S2/c1-4-12(5-2,10(15)16)13-11(17)14-6-7-20-8-9(14)21(3,18)19/h9H,4-8H2,1-3H3,(H,13,17)(H,15,16). The van der Waals surface area contributed by atoms with Crippen molar-refractivity contribution in [2.45, 2.75) is 37.6 Å². The Hall–Kier alpha value is -0.960. The van der Waals surface area contributed by atoms with E-state index in [1.165, 1.54) is 16.7 Å². The first-order chi connectivity index (χ1) is 9.68. The summed E-state index contributed by atoms with van der Waals surface area (Å²) in [6.07, 6.45) is 1.56. The molecule has 9 heteroatoms. The summed E-state index contributed by atoms with van der Waals surface area (Å²) in [6, 6.07) is -0.628. The van der Waals surface area contributed by atoms with Crippen LogP contribution in [-0.2, 0) is 14.6 Å². The summed E-state index contributed by atoms with van der Waals surface area (Å²) in [5.41, 5.74) is -1.36. The Labute approximate surface area is 129 Å². The summed E-state index contributed by atoms with van der Waals surface area (Å²) in [5, 5.41) is 10.9. The molecule has 0 aromatic carbocycles. The van der Waals surface area contributed by atoms with Crippen LogP contribution >= 0.6 is 11.8 Å². The van der Waals surface area contributed by atoms with Crippen LogP contribution in [0.3, 0.4) is 0 Å². The molecule has 1 atom stereocenters. The molecule has 1 aliphatic rings. The monoisotopic (exact) mass is 338 g/mol. The zero-order valence-electron chi connectivity index (χ0n) is 12.5. The number of carbonyl (C=O) groups is 2. The van der Waals surface area contributed by atoms with Crippen LogP contribution in [0.5, 0.6) is 0 Å². The number of nitrogens with one attached hydrogen (secondary N) is 1. The third kappa shape index (κ3) is 4.03. The van der Waals surface area contributed by atoms with E-state index < -0.39 is 32.8 Å². The Morgan fingerprint density at radius 1 is 1.38 bits per heavy atom. The molecule has 0 saturated carbocycles. The SMILES string of the molecule is CCC(CC)(NC(=O)N1CCSCC1S(C)(=O)=O)C(=O)O. The van der Waals surface area contributed by atoms with Gasteiger partial charge >= 0.3 is 12.0 Å². The topological polar surface area (TPSA) is 104 Å². The van der Waals surface area contributed by atoms with E-state index in [0.717, 1.165) is 6.26 Å². The average Bonchev–Trinajstić information content (AvgIpc) is 2.43. The molecule has 0 radical (unpaired) electrons. The van der Waals surface area contributed by atoms with Gasteiger partial charge in [-0.1, -0.05) is 13.8 Å². The molecule has 1 fully saturated rings. The number of carbonyl (C=O) groups excluding carboxylic acids is 1. The molecular formula is C12H22N2O5S2. The first-order valence-electron chi connectivity index (χ1n) is 6.76. The van der Waals surface area contributed by atoms with Crippen LogP contribution in [0.1, 0.15) is 26.7 Å². The highest BCUT2D eigenvalue weighted by molar-refractivity contribution is 8.00. The molecule has 0 spiro atoms. The minimum absolute atomic E-state index is 0.233. The number of urea groups is 1. The van der Waals surface area contributed by atoms with Gasteiger partial charge in [0.2, 0.25) is 0 Å². The number of carboxylic acid groups (broad SMARTS) is 1. The quantitative estimate of drug-likeness (QED) is 0.767. The van der Waals surface area contributed by atoms with Crippen molar-refractivity contribution >= 4 is 33.6 Å². The molecule has 0 aliphatic carbocycles. The molecule has 0 aromatic rings. The van der Waals surface area contributed by atoms with Crippen molar-refractivity contribution in [1.29, 1.82) is 0 Å². The number of thioether (sulfide) groups is 1. The van der Waals surface area contributed by atoms with E-state index >= 15 is 0 Å². The molecule has 1 rings (SSSR count). The number of carboxylic acids is 1. The Bertz CT molecular complexity index is 502. The van der Waals surface area contributed by atoms with Crippen LogP contribution in [0.15, 0.2) is 0 Å². The molecule has 2 amide bonds. The lowest BCUT2D eigenvalue weighted by atomic mass is 9.93. The van der Waals surface area contributed by atoms with Gasteiger partial charge in [0, 0.05) is 24.3 Å². The van der Waals surface area contributed by atoms with Crippen LogP contribution < -0.4 is 5.32 Å². The maximum Gasteiger partial charge on any atom is 0.329 e. The summed E-state index contributed by atoms with van der Waals surface area (Å²) >= 11 is 1.47. The van der Waals surface area contributed by atoms with E-state index in [-0.39, 0.29) is 19.4 Å². The van der Waals surface area contributed by atoms with Gasteiger partial charge in [-0.05, 0) is 12.8 Å². The van der Waals surface area contributed by atoms with Gasteiger partial charge in [0.1, 0.15) is 10.9 Å². The third-order valence-electron chi connectivity index (χ3n) is 3.80. The number of sulfone groups is 1. The van der Waals surface area contributed by atoms with Gasteiger partial charge in [-0.3, -0.25) is 0 Å². The fourth-order valence-electron chi connectivity index (χ4n) is 2.23. The number of amides is 2. The minimum Gasteiger partial charge on any atom is -0.480 e. The predicted octanol–water partition coefficient (Wildman–Crippen LogP) is 0.759. The maximum absolute atomic E-state index is 12.4. The highest BCUT2D eigenvalue weighted by Gasteiger charge is 2.41. The van der Waals surface area contributed by atoms with Gasteiger partial charge in [0.05, 0.1) is 0 Å². The summed E-state index contributed by atoms with van der Waals surface area (Å²) in [4.78, 5) is 25.0. The molecule has 122 valence electrons. The zero-order valence-corrected chi connectivity index (χ0v) is 14.1. The van der Waals surface area contributed by atoms with Gasteiger partial charge in [0.25, 0.3) is 0 Å². The lowest BCUT2D eigenvalue weighted by molar-refractivity contribution is -0.144. The van der Waals surface area contributed by atoms with Crippen molar-refractivity contribution in [1.82, 2.24) is 10.2 Å². The highest BCUT2D eigenvalue weighted by atomic mass is 32.2. The van der Waals surface area contributed by atoms with Gasteiger partial charge in [-0.25, -0.2) is 18.0 Å². The summed E-state index contributed by atoms with van der Waals surface area (Å²) in [6.45, 7) is 3.65. The smallest absolute Gasteiger partial charge is 0.329 e. The summed E-state index contributed by atoms with van der Waals surface area (Å²) in [5.74, 6) is -0.161. The van der Waals surface area contributed by atoms with Crippen LogP contribution in [0.4, 0.5) is 4.79 Å². The van der Waals surface area contributed by atoms with Gasteiger partial charge in [-0.2, -0.15) is 11.8 Å². The molecular weight excluding hydrogens is 316 g/mol. The van der Waals surface area contributed by atoms with Crippen molar-refractivity contribution in [3.8, 4) is 0 Å². The molecule has 0 aromatic heterocycles. The van der Waals surface area contributed by atoms with E-state index in [2.05, 4.69) is 5.32 Å². The molecule has 21 heavy (non-hydrogen) atoms. The molecule has 0 bridgehead atoms. The van der Waals surface area contributed by atoms with Gasteiger partial charge in [-0.15, -0.1) is 0 Å². The highest BCUT2D eigenvalue weighted by Crippen LogP contribution is 2.22. The lowest BCUT2D eigenvalue weighted by Gasteiger charge is -2.37. The lowest BCUT2D eigenvalue weighted by Crippen LogP contribution is -2.61. The first-order valence-corrected chi connectivity index (χ1v) is 9.87. The molecule has 7 nitrogen and oxygen atoms in total. The third-order valence-corrected chi connectivity index (χ3v) is 6.45. The van der Waals surface area contributed by atoms with Gasteiger partial charge < -0.3 is 15.3 Å². The average molecular weight is 338 g/mol. The van der Waals surface area contributed by atoms with Crippen molar-refractivity contribution in [3.63, 3.8) is 0 Å². The molecule has 1 saturated heterocycles. The van der Waals surface area contributed by atoms with Gasteiger partial charge in [0.15, 0.2) is 9.84 Å². The van der Waals surface area contributed by atoms with Crippen molar-refractivity contribution in [3.05, 3.63) is 0 Å². The number of hydrogen-bond donors (Lipinski definition) is 2. The van der Waals surface area contributed by atoms with E-state index in [4.69, 9.17) is 0 Å². The van der Waals surface area contributed by atoms with Crippen LogP contribution in [0.2, 0.25) is 0 Å². The predicted molar refractivity (Wildman–Crippen MR) is 82.1 cm³/mol. The normalized spacial score (nSPS) is 20.1. The van der Waals surface area contributed by atoms with E-state index in [1.54, 1.807) is 13.8 Å². The van der Waals surface area contributed by atoms with E-state index in [0.29, 0.717) is 11.5 Å². The molecule has 1 heterocycles. The second kappa shape index (κ2) is 6.87. The van der Waals surface area contributed by atoms with Crippen LogP contribution in [0, 0.1) is 0 Å². The Balaban J connectivity index is 2.97. The van der Waals surface area contributed by atoms with Crippen molar-refractivity contribution < 1.29 is 23.1 Å². The van der Waals surface area contributed by atoms with Crippen molar-refractivity contribution in [2.24, 2.45) is 0 Å². The fraction of sp³-hybridized carbons (Fsp3) is 0.833. The maximum atomic E-state index is 12.4. The molecule has 2 N–H and O–H groups in total. The second-order valence-corrected chi connectivity index (χ2v) is 8.43. The number of hydrogen-bond acceptors (Lipinski definition) is 5. The zero-order chi connectivity index (χ0) is 16.3. The Morgan fingerprint density at radius 3 is 2.38 bits per heavy atom. The van der Waals surface area contributed by atoms with E-state index in [1.807, 2.05) is 0 Å². The first kappa shape index (κ1) is 18.1. The molecule has 1 unspecified atom stereocenters. The Morgan fingerprint density at radius 2 is 1.95 bits per heavy atom. The Kier molecular flexibility index (Phi) is 5.92. The fourth-order valence-corrected chi connectivity index (χ4v) is 5.04. The van der Waals surface area contributed by atoms with Crippen molar-refractivity contribution in [2.75, 3.05) is 24.3 Å². The molecule has 1 aliphatic heterocycles.